The van der Waals surface area contributed by atoms with Crippen molar-refractivity contribution in [2.24, 2.45) is 23.7 Å². The largest absolute Gasteiger partial charge is 0.508 e. The summed E-state index contributed by atoms with van der Waals surface area (Å²) in [5.74, 6) is -4.23. The van der Waals surface area contributed by atoms with Crippen molar-refractivity contribution < 1.29 is 24.3 Å². The molecule has 4 aliphatic rings. The predicted octanol–water partition coefficient (Wildman–Crippen LogP) is 7.57. The summed E-state index contributed by atoms with van der Waals surface area (Å²) in [4.78, 5) is 60.4. The quantitative estimate of drug-likeness (QED) is 0.154. The van der Waals surface area contributed by atoms with Crippen LogP contribution in [0.2, 0.25) is 0 Å². The van der Waals surface area contributed by atoms with Crippen molar-refractivity contribution in [1.82, 2.24) is 4.90 Å². The second-order valence-corrected chi connectivity index (χ2v) is 14.3. The van der Waals surface area contributed by atoms with E-state index in [0.29, 0.717) is 28.7 Å². The van der Waals surface area contributed by atoms with E-state index in [4.69, 9.17) is 0 Å². The van der Waals surface area contributed by atoms with Crippen molar-refractivity contribution in [3.05, 3.63) is 167 Å². The Labute approximate surface area is 295 Å². The lowest BCUT2D eigenvalue weighted by molar-refractivity contribution is -0.141. The molecule has 3 aliphatic carbocycles. The van der Waals surface area contributed by atoms with Crippen LogP contribution in [0.15, 0.2) is 145 Å². The molecule has 6 unspecified atom stereocenters. The monoisotopic (exact) mass is 669 g/mol. The number of Topliss-reactive ketones (excluding diaryl/α,β-unsaturated/α-hetero) is 1. The highest BCUT2D eigenvalue weighted by molar-refractivity contribution is 6.32. The van der Waals surface area contributed by atoms with Crippen LogP contribution in [0.3, 0.4) is 0 Å². The van der Waals surface area contributed by atoms with Crippen LogP contribution in [0, 0.1) is 23.7 Å². The summed E-state index contributed by atoms with van der Waals surface area (Å²) < 4.78 is 0. The third-order valence-electron chi connectivity index (χ3n) is 11.9. The van der Waals surface area contributed by atoms with Crippen LogP contribution in [0.1, 0.15) is 41.0 Å². The van der Waals surface area contributed by atoms with Crippen LogP contribution < -0.4 is 0 Å². The standard InChI is InChI=1S/C45H35NO5/c47-37-23-20-29-16-10-11-19-31(29)40(37)41-32-21-22-33-39(44(51)46(43(33)50)26-27-12-4-1-5-13-27)35(32)24-36-42(49)34(28-14-6-2-7-15-28)25-38(48)45(36,41)30-17-8-3-9-18-30/h1-21,23,25,33,35-36,39,41,47H,22,24,26H2. The fourth-order valence-corrected chi connectivity index (χ4v) is 9.76. The number of benzene rings is 5. The van der Waals surface area contributed by atoms with Gasteiger partial charge < -0.3 is 5.11 Å². The summed E-state index contributed by atoms with van der Waals surface area (Å²) in [6, 6.07) is 39.5. The van der Waals surface area contributed by atoms with Gasteiger partial charge in [-0.05, 0) is 58.4 Å². The molecule has 2 amide bonds. The fraction of sp³-hybridized carbons (Fsp3) is 0.200. The van der Waals surface area contributed by atoms with E-state index in [1.165, 1.54) is 11.0 Å². The Morgan fingerprint density at radius 2 is 1.37 bits per heavy atom. The first kappa shape index (κ1) is 31.1. The highest BCUT2D eigenvalue weighted by Gasteiger charge is 2.66. The van der Waals surface area contributed by atoms with Gasteiger partial charge in [0.25, 0.3) is 0 Å². The maximum atomic E-state index is 15.3. The maximum Gasteiger partial charge on any atom is 0.234 e. The maximum absolute atomic E-state index is 15.3. The van der Waals surface area contributed by atoms with E-state index in [0.717, 1.165) is 21.9 Å². The summed E-state index contributed by atoms with van der Waals surface area (Å²) in [5, 5.41) is 13.6. The van der Waals surface area contributed by atoms with Crippen molar-refractivity contribution in [3.63, 3.8) is 0 Å². The first-order chi connectivity index (χ1) is 24.9. The highest BCUT2D eigenvalue weighted by atomic mass is 16.3. The van der Waals surface area contributed by atoms with Gasteiger partial charge in [0.05, 0.1) is 23.8 Å². The first-order valence-corrected chi connectivity index (χ1v) is 17.6. The van der Waals surface area contributed by atoms with Gasteiger partial charge >= 0.3 is 0 Å². The lowest BCUT2D eigenvalue weighted by Gasteiger charge is -2.55. The summed E-state index contributed by atoms with van der Waals surface area (Å²) >= 11 is 0. The number of hydrogen-bond donors (Lipinski definition) is 1. The number of phenolic OH excluding ortho intramolecular Hbond substituents is 1. The normalized spacial score (nSPS) is 27.1. The number of allylic oxidation sites excluding steroid dienone is 4. The molecule has 9 rings (SSSR count). The number of likely N-dealkylation sites (tertiary alicyclic amines) is 1. The molecular formula is C45H35NO5. The summed E-state index contributed by atoms with van der Waals surface area (Å²) in [5.41, 5.74) is 2.54. The number of hydrogen-bond acceptors (Lipinski definition) is 5. The minimum absolute atomic E-state index is 0.0223. The molecule has 5 aromatic rings. The molecule has 1 N–H and O–H groups in total. The van der Waals surface area contributed by atoms with Gasteiger partial charge in [0.2, 0.25) is 11.8 Å². The zero-order chi connectivity index (χ0) is 34.9. The number of nitrogens with zero attached hydrogens (tertiary/aromatic N) is 1. The van der Waals surface area contributed by atoms with Crippen molar-refractivity contribution in [1.29, 1.82) is 0 Å². The van der Waals surface area contributed by atoms with Gasteiger partial charge in [0.15, 0.2) is 11.6 Å². The van der Waals surface area contributed by atoms with Crippen LogP contribution >= 0.6 is 0 Å². The highest BCUT2D eigenvalue weighted by Crippen LogP contribution is 2.65. The number of carbonyl (C=O) groups excluding carboxylic acids is 4. The zero-order valence-corrected chi connectivity index (χ0v) is 27.8. The first-order valence-electron chi connectivity index (χ1n) is 17.6. The molecule has 6 heteroatoms. The Kier molecular flexibility index (Phi) is 7.25. The minimum atomic E-state index is -1.41. The molecule has 51 heavy (non-hydrogen) atoms. The number of imide groups is 1. The molecular weight excluding hydrogens is 634 g/mol. The lowest BCUT2D eigenvalue weighted by atomic mass is 9.44. The number of carbonyl (C=O) groups is 4. The lowest BCUT2D eigenvalue weighted by Crippen LogP contribution is -2.58. The average Bonchev–Trinajstić information content (AvgIpc) is 3.41. The summed E-state index contributed by atoms with van der Waals surface area (Å²) in [6.07, 6.45) is 4.10. The number of aromatic hydroxyl groups is 1. The van der Waals surface area contributed by atoms with Gasteiger partial charge in [-0.3, -0.25) is 24.1 Å². The van der Waals surface area contributed by atoms with Gasteiger partial charge in [-0.1, -0.05) is 133 Å². The molecule has 0 radical (unpaired) electrons. The number of fused-ring (bicyclic) bond motifs is 5. The van der Waals surface area contributed by atoms with E-state index in [1.807, 2.05) is 127 Å². The van der Waals surface area contributed by atoms with Crippen molar-refractivity contribution in [2.45, 2.75) is 30.7 Å². The molecule has 5 aromatic carbocycles. The van der Waals surface area contributed by atoms with Crippen LogP contribution in [0.4, 0.5) is 0 Å². The fourth-order valence-electron chi connectivity index (χ4n) is 9.76. The molecule has 1 aliphatic heterocycles. The van der Waals surface area contributed by atoms with E-state index in [2.05, 4.69) is 0 Å². The van der Waals surface area contributed by atoms with E-state index < -0.39 is 35.0 Å². The Balaban J connectivity index is 1.30. The van der Waals surface area contributed by atoms with Crippen LogP contribution in [-0.4, -0.2) is 33.4 Å². The topological polar surface area (TPSA) is 91.8 Å². The molecule has 0 spiro atoms. The molecule has 0 bridgehead atoms. The Morgan fingerprint density at radius 1 is 0.706 bits per heavy atom. The second kappa shape index (κ2) is 11.9. The Morgan fingerprint density at radius 3 is 2.12 bits per heavy atom. The third kappa shape index (κ3) is 4.55. The van der Waals surface area contributed by atoms with E-state index in [1.54, 1.807) is 6.07 Å². The molecule has 0 aromatic heterocycles. The Hall–Kier alpha value is -5.88. The molecule has 6 atom stereocenters. The van der Waals surface area contributed by atoms with Gasteiger partial charge in [0, 0.05) is 23.0 Å². The van der Waals surface area contributed by atoms with Gasteiger partial charge in [-0.25, -0.2) is 0 Å². The number of phenols is 1. The van der Waals surface area contributed by atoms with Crippen LogP contribution in [-0.2, 0) is 31.1 Å². The average molecular weight is 670 g/mol. The van der Waals surface area contributed by atoms with E-state index in [9.17, 15) is 14.7 Å². The SMILES string of the molecule is O=C1C(c2ccccc2)=CC(=O)C2(c3ccccc3)C1CC1C(=CCC3C(=O)N(Cc4ccccc4)C(=O)C31)C2c1c(O)ccc2ccccc12. The smallest absolute Gasteiger partial charge is 0.234 e. The summed E-state index contributed by atoms with van der Waals surface area (Å²) in [7, 11) is 0. The van der Waals surface area contributed by atoms with Crippen molar-refractivity contribution in [3.8, 4) is 5.75 Å². The second-order valence-electron chi connectivity index (χ2n) is 14.3. The molecule has 6 nitrogen and oxygen atoms in total. The van der Waals surface area contributed by atoms with E-state index in [-0.39, 0.29) is 42.1 Å². The van der Waals surface area contributed by atoms with Crippen LogP contribution in [0.25, 0.3) is 16.3 Å². The number of ketones is 2. The third-order valence-corrected chi connectivity index (χ3v) is 11.9. The van der Waals surface area contributed by atoms with Crippen molar-refractivity contribution in [2.75, 3.05) is 0 Å². The summed E-state index contributed by atoms with van der Waals surface area (Å²) in [6.45, 7) is 0.177. The van der Waals surface area contributed by atoms with Gasteiger partial charge in [-0.15, -0.1) is 0 Å². The zero-order valence-electron chi connectivity index (χ0n) is 27.8. The van der Waals surface area contributed by atoms with Crippen LogP contribution in [0.5, 0.6) is 5.75 Å². The molecule has 1 saturated heterocycles. The molecule has 2 fully saturated rings. The molecule has 1 heterocycles. The molecule has 250 valence electrons. The van der Waals surface area contributed by atoms with Gasteiger partial charge in [0.1, 0.15) is 5.75 Å². The molecule has 1 saturated carbocycles. The minimum Gasteiger partial charge on any atom is -0.508 e. The number of amides is 2. The van der Waals surface area contributed by atoms with E-state index >= 15 is 9.59 Å². The number of rotatable bonds is 5. The predicted molar refractivity (Wildman–Crippen MR) is 194 cm³/mol. The van der Waals surface area contributed by atoms with Gasteiger partial charge in [-0.2, -0.15) is 0 Å². The Bertz CT molecular complexity index is 2310. The van der Waals surface area contributed by atoms with Crippen molar-refractivity contribution >= 4 is 39.7 Å².